The predicted molar refractivity (Wildman–Crippen MR) is 87.6 cm³/mol. The van der Waals surface area contributed by atoms with E-state index in [-0.39, 0.29) is 5.97 Å². The molecular weight excluding hydrogens is 264 g/mol. The van der Waals surface area contributed by atoms with Crippen molar-refractivity contribution in [2.24, 2.45) is 5.92 Å². The Morgan fingerprint density at radius 1 is 1.29 bits per heavy atom. The summed E-state index contributed by atoms with van der Waals surface area (Å²) in [5.74, 6) is 0.225. The fourth-order valence-corrected chi connectivity index (χ4v) is 2.07. The van der Waals surface area contributed by atoms with Crippen LogP contribution in [0.25, 0.3) is 0 Å². The Morgan fingerprint density at radius 2 is 1.86 bits per heavy atom. The highest BCUT2D eigenvalue weighted by Crippen LogP contribution is 2.25. The van der Waals surface area contributed by atoms with E-state index in [1.165, 1.54) is 0 Å². The maximum Gasteiger partial charge on any atom is 0.330 e. The number of hydrogen-bond donors (Lipinski definition) is 1. The van der Waals surface area contributed by atoms with Crippen molar-refractivity contribution < 1.29 is 9.53 Å². The number of carbonyl (C=O) groups excluding carboxylic acids is 1. The highest BCUT2D eigenvalue weighted by atomic mass is 16.5. The van der Waals surface area contributed by atoms with E-state index >= 15 is 0 Å². The molecule has 0 spiro atoms. The van der Waals surface area contributed by atoms with Gasteiger partial charge in [0.1, 0.15) is 5.54 Å². The molecule has 1 rings (SSSR count). The van der Waals surface area contributed by atoms with E-state index in [0.29, 0.717) is 12.5 Å². The van der Waals surface area contributed by atoms with Crippen molar-refractivity contribution in [3.05, 3.63) is 29.8 Å². The molecule has 4 nitrogen and oxygen atoms in total. The van der Waals surface area contributed by atoms with Gasteiger partial charge < -0.3 is 9.64 Å². The number of carbonyl (C=O) groups is 1. The molecule has 0 saturated heterocycles. The molecule has 0 aliphatic heterocycles. The second-order valence-electron chi connectivity index (χ2n) is 6.06. The van der Waals surface area contributed by atoms with E-state index in [0.717, 1.165) is 17.8 Å². The molecule has 0 fully saturated rings. The smallest absolute Gasteiger partial charge is 0.330 e. The lowest BCUT2D eigenvalue weighted by Crippen LogP contribution is -2.49. The molecule has 0 aliphatic carbocycles. The molecule has 0 aliphatic rings. The molecule has 0 bridgehead atoms. The van der Waals surface area contributed by atoms with Crippen LogP contribution in [0.4, 0.5) is 5.69 Å². The maximum atomic E-state index is 12.4. The van der Waals surface area contributed by atoms with Crippen LogP contribution in [-0.4, -0.2) is 33.2 Å². The zero-order valence-corrected chi connectivity index (χ0v) is 14.1. The van der Waals surface area contributed by atoms with Gasteiger partial charge in [-0.15, -0.1) is 0 Å². The Labute approximate surface area is 128 Å². The molecular formula is C17H28N2O2. The molecule has 0 amide bonds. The summed E-state index contributed by atoms with van der Waals surface area (Å²) in [6.45, 7) is 9.09. The van der Waals surface area contributed by atoms with Crippen LogP contribution in [0, 0.1) is 5.92 Å². The van der Waals surface area contributed by atoms with E-state index in [1.807, 2.05) is 57.1 Å². The van der Waals surface area contributed by atoms with E-state index in [1.54, 1.807) is 0 Å². The normalized spacial score (nSPS) is 13.9. The van der Waals surface area contributed by atoms with Crippen LogP contribution in [0.3, 0.4) is 0 Å². The second kappa shape index (κ2) is 7.46. The summed E-state index contributed by atoms with van der Waals surface area (Å²) in [6, 6.07) is 8.01. The topological polar surface area (TPSA) is 41.6 Å². The average molecular weight is 292 g/mol. The van der Waals surface area contributed by atoms with Gasteiger partial charge >= 0.3 is 5.97 Å². The predicted octanol–water partition coefficient (Wildman–Crippen LogP) is 2.78. The summed E-state index contributed by atoms with van der Waals surface area (Å²) < 4.78 is 5.26. The van der Waals surface area contributed by atoms with E-state index in [2.05, 4.69) is 19.2 Å². The molecule has 4 heteroatoms. The molecule has 1 aromatic carbocycles. The zero-order chi connectivity index (χ0) is 16.0. The third kappa shape index (κ3) is 4.46. The van der Waals surface area contributed by atoms with Gasteiger partial charge in [0.05, 0.1) is 6.61 Å². The first-order chi connectivity index (χ1) is 9.81. The summed E-state index contributed by atoms with van der Waals surface area (Å²) in [4.78, 5) is 14.4. The van der Waals surface area contributed by atoms with Crippen LogP contribution in [0.5, 0.6) is 0 Å². The number of rotatable bonds is 7. The Morgan fingerprint density at radius 3 is 2.29 bits per heavy atom. The number of hydrogen-bond acceptors (Lipinski definition) is 4. The lowest BCUT2D eigenvalue weighted by Gasteiger charge is -2.30. The van der Waals surface area contributed by atoms with Gasteiger partial charge in [0.2, 0.25) is 0 Å². The number of benzene rings is 1. The molecule has 0 saturated carbocycles. The van der Waals surface area contributed by atoms with Crippen molar-refractivity contribution in [2.45, 2.75) is 33.2 Å². The minimum atomic E-state index is -0.814. The second-order valence-corrected chi connectivity index (χ2v) is 6.06. The molecule has 1 N–H and O–H groups in total. The summed E-state index contributed by atoms with van der Waals surface area (Å²) in [6.07, 6.45) is 0. The minimum Gasteiger partial charge on any atom is -0.464 e. The van der Waals surface area contributed by atoms with Crippen molar-refractivity contribution in [2.75, 3.05) is 32.1 Å². The first-order valence-electron chi connectivity index (χ1n) is 7.51. The Hall–Kier alpha value is -1.55. The van der Waals surface area contributed by atoms with Gasteiger partial charge in [0.15, 0.2) is 0 Å². The summed E-state index contributed by atoms with van der Waals surface area (Å²) in [7, 11) is 3.99. The Bertz CT molecular complexity index is 454. The molecule has 1 unspecified atom stereocenters. The first-order valence-corrected chi connectivity index (χ1v) is 7.51. The van der Waals surface area contributed by atoms with Crippen LogP contribution in [-0.2, 0) is 15.1 Å². The van der Waals surface area contributed by atoms with Gasteiger partial charge in [-0.05, 0) is 44.0 Å². The fraction of sp³-hybridized carbons (Fsp3) is 0.588. The zero-order valence-electron chi connectivity index (χ0n) is 14.1. The molecule has 21 heavy (non-hydrogen) atoms. The highest BCUT2D eigenvalue weighted by molar-refractivity contribution is 5.82. The largest absolute Gasteiger partial charge is 0.464 e. The number of nitrogens with zero attached hydrogens (tertiary/aromatic N) is 1. The van der Waals surface area contributed by atoms with Crippen molar-refractivity contribution >= 4 is 11.7 Å². The number of nitrogens with one attached hydrogen (secondary N) is 1. The van der Waals surface area contributed by atoms with Gasteiger partial charge in [-0.25, -0.2) is 4.79 Å². The lowest BCUT2D eigenvalue weighted by molar-refractivity contribution is -0.151. The molecule has 118 valence electrons. The van der Waals surface area contributed by atoms with Crippen LogP contribution in [0.15, 0.2) is 24.3 Å². The van der Waals surface area contributed by atoms with E-state index < -0.39 is 5.54 Å². The molecule has 0 radical (unpaired) electrons. The number of anilines is 1. The van der Waals surface area contributed by atoms with Gasteiger partial charge in [-0.1, -0.05) is 26.0 Å². The van der Waals surface area contributed by atoms with Gasteiger partial charge in [-0.3, -0.25) is 5.32 Å². The van der Waals surface area contributed by atoms with Crippen molar-refractivity contribution in [3.8, 4) is 0 Å². The van der Waals surface area contributed by atoms with Crippen LogP contribution >= 0.6 is 0 Å². The van der Waals surface area contributed by atoms with Crippen molar-refractivity contribution in [1.82, 2.24) is 5.32 Å². The maximum absolute atomic E-state index is 12.4. The van der Waals surface area contributed by atoms with Gasteiger partial charge in [-0.2, -0.15) is 0 Å². The van der Waals surface area contributed by atoms with Crippen LogP contribution < -0.4 is 10.2 Å². The van der Waals surface area contributed by atoms with Crippen molar-refractivity contribution in [3.63, 3.8) is 0 Å². The average Bonchev–Trinajstić information content (AvgIpc) is 2.45. The molecule has 0 aromatic heterocycles. The Balaban J connectivity index is 3.07. The summed E-state index contributed by atoms with van der Waals surface area (Å²) in [5.41, 5.74) is 1.21. The highest BCUT2D eigenvalue weighted by Gasteiger charge is 2.36. The van der Waals surface area contributed by atoms with E-state index in [9.17, 15) is 4.79 Å². The van der Waals surface area contributed by atoms with Crippen LogP contribution in [0.1, 0.15) is 33.3 Å². The minimum absolute atomic E-state index is 0.233. The summed E-state index contributed by atoms with van der Waals surface area (Å²) >= 11 is 0. The van der Waals surface area contributed by atoms with Crippen molar-refractivity contribution in [1.29, 1.82) is 0 Å². The first kappa shape index (κ1) is 17.5. The third-order valence-corrected chi connectivity index (χ3v) is 3.51. The summed E-state index contributed by atoms with van der Waals surface area (Å²) in [5, 5.41) is 3.36. The van der Waals surface area contributed by atoms with E-state index in [4.69, 9.17) is 4.74 Å². The number of esters is 1. The monoisotopic (exact) mass is 292 g/mol. The van der Waals surface area contributed by atoms with Gasteiger partial charge in [0, 0.05) is 19.8 Å². The molecule has 1 aromatic rings. The molecule has 0 heterocycles. The fourth-order valence-electron chi connectivity index (χ4n) is 2.07. The quantitative estimate of drug-likeness (QED) is 0.785. The third-order valence-electron chi connectivity index (χ3n) is 3.51. The Kier molecular flexibility index (Phi) is 6.21. The van der Waals surface area contributed by atoms with Crippen LogP contribution in [0.2, 0.25) is 0 Å². The standard InChI is InChI=1S/C17H28N2O2/c1-7-21-16(20)17(4,18-12-13(2)3)14-8-10-15(11-9-14)19(5)6/h8-11,13,18H,7,12H2,1-6H3. The van der Waals surface area contributed by atoms with Gasteiger partial charge in [0.25, 0.3) is 0 Å². The SMILES string of the molecule is CCOC(=O)C(C)(NCC(C)C)c1ccc(N(C)C)cc1. The molecule has 1 atom stereocenters. The lowest BCUT2D eigenvalue weighted by atomic mass is 9.91. The number of ether oxygens (including phenoxy) is 1.